The largest absolute Gasteiger partial charge is 0.376 e. The fourth-order valence-electron chi connectivity index (χ4n) is 3.70. The Morgan fingerprint density at radius 2 is 2.23 bits per heavy atom. The van der Waals surface area contributed by atoms with Crippen LogP contribution in [0.3, 0.4) is 0 Å². The first kappa shape index (κ1) is 20.4. The number of fused-ring (bicyclic) bond motifs is 1. The number of nitrogens with zero attached hydrogens (tertiary/aromatic N) is 3. The summed E-state index contributed by atoms with van der Waals surface area (Å²) in [5.41, 5.74) is 1.85. The van der Waals surface area contributed by atoms with Crippen LogP contribution >= 0.6 is 12.2 Å². The lowest BCUT2D eigenvalue weighted by molar-refractivity contribution is 0.0796. The zero-order valence-corrected chi connectivity index (χ0v) is 17.7. The lowest BCUT2D eigenvalue weighted by Gasteiger charge is -2.17. The van der Waals surface area contributed by atoms with E-state index >= 15 is 0 Å². The number of carbonyl (C=O) groups is 1. The van der Waals surface area contributed by atoms with E-state index in [1.54, 1.807) is 40.9 Å². The molecule has 1 amide bonds. The maximum Gasteiger partial charge on any atom is 0.262 e. The molecular weight excluding hydrogens is 400 g/mol. The molecule has 0 aliphatic carbocycles. The molecule has 7 nitrogen and oxygen atoms in total. The normalized spacial score (nSPS) is 16.1. The molecule has 1 aliphatic rings. The van der Waals surface area contributed by atoms with Gasteiger partial charge in [0.15, 0.2) is 4.77 Å². The van der Waals surface area contributed by atoms with E-state index in [2.05, 4.69) is 9.97 Å². The minimum atomic E-state index is -0.160. The second kappa shape index (κ2) is 8.89. The molecule has 2 aromatic heterocycles. The van der Waals surface area contributed by atoms with Crippen molar-refractivity contribution in [3.05, 3.63) is 69.0 Å². The molecule has 1 fully saturated rings. The lowest BCUT2D eigenvalue weighted by atomic mass is 10.1. The SMILES string of the molecule is CN(CCc1ccccn1)C(=O)c1ccc2c(=O)n(C[C@H]3CCCO3)c(=S)[nH]c2c1. The number of H-pyrrole nitrogens is 1. The molecular formula is C22H24N4O3S. The van der Waals surface area contributed by atoms with Crippen LogP contribution in [0.25, 0.3) is 10.9 Å². The van der Waals surface area contributed by atoms with Crippen molar-refractivity contribution in [2.75, 3.05) is 20.2 Å². The molecule has 1 saturated heterocycles. The number of amides is 1. The van der Waals surface area contributed by atoms with E-state index in [-0.39, 0.29) is 17.6 Å². The summed E-state index contributed by atoms with van der Waals surface area (Å²) in [4.78, 5) is 34.8. The van der Waals surface area contributed by atoms with Crippen molar-refractivity contribution in [1.29, 1.82) is 0 Å². The molecule has 1 aliphatic heterocycles. The van der Waals surface area contributed by atoms with Crippen molar-refractivity contribution in [2.24, 2.45) is 0 Å². The molecule has 30 heavy (non-hydrogen) atoms. The Kier molecular flexibility index (Phi) is 6.06. The molecule has 0 saturated carbocycles. The Balaban J connectivity index is 1.54. The molecule has 0 bridgehead atoms. The molecule has 1 atom stereocenters. The number of carbonyl (C=O) groups excluding carboxylic acids is 1. The Bertz CT molecular complexity index is 1170. The van der Waals surface area contributed by atoms with Crippen molar-refractivity contribution in [1.82, 2.24) is 19.4 Å². The molecule has 0 spiro atoms. The number of hydrogen-bond donors (Lipinski definition) is 1. The standard InChI is InChI=1S/C22H24N4O3S/c1-25(11-9-16-5-2-3-10-23-16)20(27)15-7-8-18-19(13-15)24-22(30)26(21(18)28)14-17-6-4-12-29-17/h2-3,5,7-8,10,13,17H,4,6,9,11-12,14H2,1H3,(H,24,30)/t17-/m1/s1. The van der Waals surface area contributed by atoms with Gasteiger partial charge in [-0.05, 0) is 55.4 Å². The van der Waals surface area contributed by atoms with Gasteiger partial charge in [0, 0.05) is 44.1 Å². The number of benzene rings is 1. The lowest BCUT2D eigenvalue weighted by Crippen LogP contribution is -2.30. The van der Waals surface area contributed by atoms with Gasteiger partial charge in [-0.15, -0.1) is 0 Å². The van der Waals surface area contributed by atoms with E-state index in [0.29, 0.717) is 40.7 Å². The van der Waals surface area contributed by atoms with E-state index in [0.717, 1.165) is 25.1 Å². The van der Waals surface area contributed by atoms with Gasteiger partial charge < -0.3 is 14.6 Å². The smallest absolute Gasteiger partial charge is 0.262 e. The molecule has 0 radical (unpaired) electrons. The highest BCUT2D eigenvalue weighted by atomic mass is 32.1. The molecule has 3 heterocycles. The van der Waals surface area contributed by atoms with Gasteiger partial charge in [0.25, 0.3) is 11.5 Å². The minimum Gasteiger partial charge on any atom is -0.376 e. The molecule has 1 aromatic carbocycles. The topological polar surface area (TPSA) is 80.2 Å². The summed E-state index contributed by atoms with van der Waals surface area (Å²) >= 11 is 5.41. The quantitative estimate of drug-likeness (QED) is 0.616. The van der Waals surface area contributed by atoms with Crippen LogP contribution in [-0.2, 0) is 17.7 Å². The molecule has 8 heteroatoms. The summed E-state index contributed by atoms with van der Waals surface area (Å²) < 4.78 is 7.53. The number of hydrogen-bond acceptors (Lipinski definition) is 5. The second-order valence-electron chi connectivity index (χ2n) is 7.54. The average Bonchev–Trinajstić information content (AvgIpc) is 3.28. The number of pyridine rings is 1. The van der Waals surface area contributed by atoms with Crippen LogP contribution in [0.4, 0.5) is 0 Å². The minimum absolute atomic E-state index is 0.0175. The molecule has 4 rings (SSSR count). The summed E-state index contributed by atoms with van der Waals surface area (Å²) in [6.45, 7) is 1.72. The van der Waals surface area contributed by atoms with Crippen LogP contribution in [0, 0.1) is 4.77 Å². The Morgan fingerprint density at radius 3 is 2.97 bits per heavy atom. The summed E-state index contributed by atoms with van der Waals surface area (Å²) in [6, 6.07) is 10.8. The number of rotatable bonds is 6. The van der Waals surface area contributed by atoms with Crippen molar-refractivity contribution in [2.45, 2.75) is 31.9 Å². The third-order valence-electron chi connectivity index (χ3n) is 5.42. The van der Waals surface area contributed by atoms with Crippen LogP contribution in [0.15, 0.2) is 47.4 Å². The van der Waals surface area contributed by atoms with Crippen molar-refractivity contribution in [3.8, 4) is 0 Å². The van der Waals surface area contributed by atoms with Gasteiger partial charge in [0.05, 0.1) is 23.6 Å². The number of ether oxygens (including phenoxy) is 1. The molecule has 156 valence electrons. The van der Waals surface area contributed by atoms with Crippen LogP contribution < -0.4 is 5.56 Å². The summed E-state index contributed by atoms with van der Waals surface area (Å²) in [6.07, 6.45) is 4.37. The van der Waals surface area contributed by atoms with Crippen molar-refractivity contribution < 1.29 is 9.53 Å². The first-order valence-electron chi connectivity index (χ1n) is 10.1. The fourth-order valence-corrected chi connectivity index (χ4v) is 3.96. The van der Waals surface area contributed by atoms with E-state index < -0.39 is 0 Å². The predicted octanol–water partition coefficient (Wildman–Crippen LogP) is 2.95. The fraction of sp³-hybridized carbons (Fsp3) is 0.364. The van der Waals surface area contributed by atoms with Gasteiger partial charge in [-0.25, -0.2) is 0 Å². The van der Waals surface area contributed by atoms with E-state index in [4.69, 9.17) is 17.0 Å². The molecule has 3 aromatic rings. The maximum atomic E-state index is 12.9. The molecule has 1 N–H and O–H groups in total. The number of likely N-dealkylation sites (N-methyl/N-ethyl adjacent to an activating group) is 1. The van der Waals surface area contributed by atoms with Gasteiger partial charge in [-0.3, -0.25) is 19.1 Å². The van der Waals surface area contributed by atoms with Crippen LogP contribution in [-0.4, -0.2) is 51.6 Å². The number of aromatic nitrogens is 3. The van der Waals surface area contributed by atoms with Crippen molar-refractivity contribution >= 4 is 29.0 Å². The summed E-state index contributed by atoms with van der Waals surface area (Å²) in [5.74, 6) is -0.115. The van der Waals surface area contributed by atoms with E-state index in [1.165, 1.54) is 0 Å². The summed E-state index contributed by atoms with van der Waals surface area (Å²) in [5, 5.41) is 0.509. The van der Waals surface area contributed by atoms with Gasteiger partial charge in [0.1, 0.15) is 0 Å². The second-order valence-corrected chi connectivity index (χ2v) is 7.93. The average molecular weight is 425 g/mol. The Labute approximate surface area is 179 Å². The van der Waals surface area contributed by atoms with Gasteiger partial charge >= 0.3 is 0 Å². The van der Waals surface area contributed by atoms with Gasteiger partial charge in [-0.1, -0.05) is 6.07 Å². The first-order chi connectivity index (χ1) is 14.5. The van der Waals surface area contributed by atoms with E-state index in [1.807, 2.05) is 18.2 Å². The Morgan fingerprint density at radius 1 is 1.37 bits per heavy atom. The monoisotopic (exact) mass is 424 g/mol. The Hall–Kier alpha value is -2.84. The first-order valence-corrected chi connectivity index (χ1v) is 10.5. The number of aromatic amines is 1. The number of nitrogens with one attached hydrogen (secondary N) is 1. The summed E-state index contributed by atoms with van der Waals surface area (Å²) in [7, 11) is 1.76. The van der Waals surface area contributed by atoms with Gasteiger partial charge in [-0.2, -0.15) is 0 Å². The van der Waals surface area contributed by atoms with Crippen molar-refractivity contribution in [3.63, 3.8) is 0 Å². The van der Waals surface area contributed by atoms with Crippen LogP contribution in [0.1, 0.15) is 28.9 Å². The van der Waals surface area contributed by atoms with Gasteiger partial charge in [0.2, 0.25) is 0 Å². The highest BCUT2D eigenvalue weighted by Gasteiger charge is 2.19. The van der Waals surface area contributed by atoms with Crippen LogP contribution in [0.5, 0.6) is 0 Å². The third kappa shape index (κ3) is 4.34. The van der Waals surface area contributed by atoms with E-state index in [9.17, 15) is 9.59 Å². The third-order valence-corrected chi connectivity index (χ3v) is 5.74. The molecule has 0 unspecified atom stereocenters. The highest BCUT2D eigenvalue weighted by Crippen LogP contribution is 2.16. The predicted molar refractivity (Wildman–Crippen MR) is 117 cm³/mol. The highest BCUT2D eigenvalue weighted by molar-refractivity contribution is 7.71. The zero-order valence-electron chi connectivity index (χ0n) is 16.8. The maximum absolute atomic E-state index is 12.9. The zero-order chi connectivity index (χ0) is 21.1. The van der Waals surface area contributed by atoms with Crippen LogP contribution in [0.2, 0.25) is 0 Å².